The van der Waals surface area contributed by atoms with Gasteiger partial charge in [0.25, 0.3) is 5.92 Å². The van der Waals surface area contributed by atoms with Gasteiger partial charge in [0.15, 0.2) is 5.82 Å². The first-order valence-corrected chi connectivity index (χ1v) is 15.6. The summed E-state index contributed by atoms with van der Waals surface area (Å²) in [6, 6.07) is 7.79. The summed E-state index contributed by atoms with van der Waals surface area (Å²) in [5, 5.41) is 28.1. The summed E-state index contributed by atoms with van der Waals surface area (Å²) in [5.41, 5.74) is 1.18. The van der Waals surface area contributed by atoms with E-state index in [9.17, 15) is 23.8 Å². The summed E-state index contributed by atoms with van der Waals surface area (Å²) in [7, 11) is 0. The number of allylic oxidation sites excluding steroid dienone is 2. The van der Waals surface area contributed by atoms with Gasteiger partial charge in [0, 0.05) is 18.4 Å². The van der Waals surface area contributed by atoms with Crippen molar-refractivity contribution < 1.29 is 23.8 Å². The minimum atomic E-state index is -2.74. The summed E-state index contributed by atoms with van der Waals surface area (Å²) >= 11 is 0. The molecule has 0 spiro atoms. The Kier molecular flexibility index (Phi) is 15.6. The van der Waals surface area contributed by atoms with Crippen LogP contribution < -0.4 is 4.90 Å². The highest BCUT2D eigenvalue weighted by atomic mass is 19.3. The fraction of sp³-hybridized carbons (Fsp3) is 0.600. The van der Waals surface area contributed by atoms with Gasteiger partial charge in [0.05, 0.1) is 29.7 Å². The maximum Gasteiger partial charge on any atom is 0.413 e. The lowest BCUT2D eigenvalue weighted by Crippen LogP contribution is -2.47. The highest BCUT2D eigenvalue weighted by Crippen LogP contribution is 2.52. The third-order valence-corrected chi connectivity index (χ3v) is 8.11. The lowest BCUT2D eigenvalue weighted by atomic mass is 9.65. The van der Waals surface area contributed by atoms with Crippen molar-refractivity contribution in [3.63, 3.8) is 0 Å². The second kappa shape index (κ2) is 17.8. The molecule has 2 aromatic rings. The van der Waals surface area contributed by atoms with Crippen LogP contribution in [-0.4, -0.2) is 38.7 Å². The molecule has 2 atom stereocenters. The van der Waals surface area contributed by atoms with E-state index in [0.717, 1.165) is 23.3 Å². The van der Waals surface area contributed by atoms with E-state index >= 15 is 0 Å². The zero-order valence-corrected chi connectivity index (χ0v) is 27.8. The van der Waals surface area contributed by atoms with Crippen molar-refractivity contribution in [2.75, 3.05) is 11.4 Å². The van der Waals surface area contributed by atoms with E-state index in [-0.39, 0.29) is 37.5 Å². The molecule has 0 aliphatic heterocycles. The second-order valence-corrected chi connectivity index (χ2v) is 12.5. The molecule has 2 N–H and O–H groups in total. The molecule has 3 rings (SSSR count). The topological polar surface area (TPSA) is 110 Å². The number of hydrogen-bond donors (Lipinski definition) is 2. The average molecular weight is 615 g/mol. The number of carboxylic acid groups (broad SMARTS) is 1. The van der Waals surface area contributed by atoms with Crippen molar-refractivity contribution in [2.45, 2.75) is 118 Å². The molecule has 1 amide bonds. The number of hydrogen-bond acceptors (Lipinski definition) is 5. The second-order valence-electron chi connectivity index (χ2n) is 12.5. The van der Waals surface area contributed by atoms with Crippen LogP contribution in [0.25, 0.3) is 0 Å². The molecule has 0 bridgehead atoms. The molecule has 0 radical (unpaired) electrons. The SMILES string of the molecule is C/C=C/CCC.CCCC[C@]1(C)CC(CN(C(=O)O)c2cnc(C(C)(C)O)cn2)CCC1(F)F.Cc1ccc(C#N)cc1C. The molecule has 0 saturated heterocycles. The number of alkyl halides is 2. The number of benzene rings is 1. The summed E-state index contributed by atoms with van der Waals surface area (Å²) in [6.45, 7) is 15.1. The standard InChI is InChI=1S/C20H31F2N3O3.C9H9N.C6H12/c1-5-6-8-19(4)10-14(7-9-20(19,21)22)13-25(17(26)27)16-12-23-15(11-24-16)18(2,3)28;1-7-3-4-9(6-10)5-8(7)2;1-3-5-6-4-2/h11-12,14,28H,5-10,13H2,1-4H3,(H,26,27);3-5H,1-2H3;3,5H,4,6H2,1-2H3/b;;5-3+/t14?,19-;;/m1../s1. The Hall–Kier alpha value is -3.38. The molecular formula is C35H52F2N4O3. The van der Waals surface area contributed by atoms with Crippen LogP contribution in [0.4, 0.5) is 19.4 Å². The minimum absolute atomic E-state index is 0.101. The van der Waals surface area contributed by atoms with Gasteiger partial charge in [-0.05, 0) is 89.5 Å². The molecule has 244 valence electrons. The van der Waals surface area contributed by atoms with Crippen molar-refractivity contribution in [2.24, 2.45) is 11.3 Å². The van der Waals surface area contributed by atoms with Crippen LogP contribution >= 0.6 is 0 Å². The fourth-order valence-electron chi connectivity index (χ4n) is 5.03. The molecule has 44 heavy (non-hydrogen) atoms. The van der Waals surface area contributed by atoms with E-state index in [4.69, 9.17) is 5.26 Å². The van der Waals surface area contributed by atoms with Crippen molar-refractivity contribution >= 4 is 11.9 Å². The van der Waals surface area contributed by atoms with E-state index in [1.165, 1.54) is 36.4 Å². The van der Waals surface area contributed by atoms with Crippen LogP contribution in [0.3, 0.4) is 0 Å². The average Bonchev–Trinajstić information content (AvgIpc) is 2.97. The smallest absolute Gasteiger partial charge is 0.413 e. The molecule has 1 unspecified atom stereocenters. The van der Waals surface area contributed by atoms with Crippen molar-refractivity contribution in [1.82, 2.24) is 9.97 Å². The number of aromatic nitrogens is 2. The zero-order valence-electron chi connectivity index (χ0n) is 27.8. The Morgan fingerprint density at radius 3 is 2.32 bits per heavy atom. The van der Waals surface area contributed by atoms with Gasteiger partial charge in [0.2, 0.25) is 0 Å². The largest absolute Gasteiger partial charge is 0.465 e. The monoisotopic (exact) mass is 614 g/mol. The Labute approximate surface area is 263 Å². The molecule has 1 heterocycles. The van der Waals surface area contributed by atoms with E-state index in [1.54, 1.807) is 20.8 Å². The molecule has 1 saturated carbocycles. The number of nitrogens with zero attached hydrogens (tertiary/aromatic N) is 4. The van der Waals surface area contributed by atoms with Crippen molar-refractivity contribution in [3.8, 4) is 6.07 Å². The maximum atomic E-state index is 14.5. The highest BCUT2D eigenvalue weighted by Gasteiger charge is 2.53. The lowest BCUT2D eigenvalue weighted by molar-refractivity contribution is -0.156. The van der Waals surface area contributed by atoms with Crippen molar-refractivity contribution in [3.05, 3.63) is 65.1 Å². The number of carbonyl (C=O) groups is 1. The van der Waals surface area contributed by atoms with Gasteiger partial charge in [-0.1, -0.05) is 58.3 Å². The van der Waals surface area contributed by atoms with Gasteiger partial charge < -0.3 is 10.2 Å². The third-order valence-electron chi connectivity index (χ3n) is 8.11. The number of amides is 1. The Morgan fingerprint density at radius 1 is 1.18 bits per heavy atom. The molecule has 1 fully saturated rings. The fourth-order valence-corrected chi connectivity index (χ4v) is 5.03. The molecule has 1 aromatic carbocycles. The van der Waals surface area contributed by atoms with E-state index < -0.39 is 23.0 Å². The van der Waals surface area contributed by atoms with E-state index in [0.29, 0.717) is 12.1 Å². The summed E-state index contributed by atoms with van der Waals surface area (Å²) in [6.07, 6.45) is 10.5. The van der Waals surface area contributed by atoms with Crippen LogP contribution in [0, 0.1) is 36.5 Å². The van der Waals surface area contributed by atoms with Gasteiger partial charge in [-0.15, -0.1) is 0 Å². The van der Waals surface area contributed by atoms with Crippen LogP contribution in [0.2, 0.25) is 0 Å². The Bertz CT molecular complexity index is 1240. The number of aliphatic hydroxyl groups is 1. The third kappa shape index (κ3) is 12.0. The maximum absolute atomic E-state index is 14.5. The zero-order chi connectivity index (χ0) is 33.6. The first-order chi connectivity index (χ1) is 20.5. The normalized spacial score (nSPS) is 19.2. The van der Waals surface area contributed by atoms with Gasteiger partial charge >= 0.3 is 6.09 Å². The van der Waals surface area contributed by atoms with Gasteiger partial charge in [0.1, 0.15) is 5.60 Å². The first kappa shape index (κ1) is 38.6. The number of anilines is 1. The Morgan fingerprint density at radius 2 is 1.86 bits per heavy atom. The van der Waals surface area contributed by atoms with Crippen molar-refractivity contribution in [1.29, 1.82) is 5.26 Å². The van der Waals surface area contributed by atoms with E-state index in [2.05, 4.69) is 42.0 Å². The minimum Gasteiger partial charge on any atom is -0.465 e. The number of rotatable bonds is 9. The highest BCUT2D eigenvalue weighted by molar-refractivity contribution is 5.84. The molecular weight excluding hydrogens is 562 g/mol. The molecule has 7 nitrogen and oxygen atoms in total. The first-order valence-electron chi connectivity index (χ1n) is 15.6. The summed E-state index contributed by atoms with van der Waals surface area (Å²) in [4.78, 5) is 21.1. The predicted octanol–water partition coefficient (Wildman–Crippen LogP) is 9.36. The molecule has 1 aliphatic rings. The predicted molar refractivity (Wildman–Crippen MR) is 173 cm³/mol. The van der Waals surface area contributed by atoms with E-state index in [1.807, 2.05) is 39.0 Å². The van der Waals surface area contributed by atoms with Gasteiger partial charge in [-0.25, -0.2) is 18.6 Å². The molecule has 9 heteroatoms. The summed E-state index contributed by atoms with van der Waals surface area (Å²) < 4.78 is 29.1. The molecule has 1 aromatic heterocycles. The molecule has 1 aliphatic carbocycles. The number of aryl methyl sites for hydroxylation is 2. The van der Waals surface area contributed by atoms with Crippen LogP contribution in [0.5, 0.6) is 0 Å². The van der Waals surface area contributed by atoms with Gasteiger partial charge in [-0.2, -0.15) is 5.26 Å². The quantitative estimate of drug-likeness (QED) is 0.272. The number of nitriles is 1. The number of unbranched alkanes of at least 4 members (excludes halogenated alkanes) is 2. The summed E-state index contributed by atoms with van der Waals surface area (Å²) in [5.74, 6) is -2.78. The van der Waals surface area contributed by atoms with Crippen LogP contribution in [-0.2, 0) is 5.60 Å². The van der Waals surface area contributed by atoms with Crippen LogP contribution in [0.1, 0.15) is 115 Å². The number of halogens is 2. The van der Waals surface area contributed by atoms with Gasteiger partial charge in [-0.3, -0.25) is 9.88 Å². The van der Waals surface area contributed by atoms with Crippen LogP contribution in [0.15, 0.2) is 42.7 Å². The Balaban J connectivity index is 0.000000492. The lowest BCUT2D eigenvalue weighted by Gasteiger charge is -2.45.